The molecule has 0 aliphatic carbocycles. The summed E-state index contributed by atoms with van der Waals surface area (Å²) in [6.07, 6.45) is -0.333. The first-order valence-electron chi connectivity index (χ1n) is 9.22. The van der Waals surface area contributed by atoms with Crippen molar-refractivity contribution in [2.24, 2.45) is 0 Å². The third-order valence-electron chi connectivity index (χ3n) is 5.31. The Morgan fingerprint density at radius 1 is 1.23 bits per heavy atom. The Labute approximate surface area is 171 Å². The number of alkyl halides is 1. The van der Waals surface area contributed by atoms with E-state index < -0.39 is 40.1 Å². The average Bonchev–Trinajstić information content (AvgIpc) is 3.19. The van der Waals surface area contributed by atoms with E-state index in [-0.39, 0.29) is 23.6 Å². The summed E-state index contributed by atoms with van der Waals surface area (Å²) in [5.41, 5.74) is -1.14. The van der Waals surface area contributed by atoms with Gasteiger partial charge in [0.2, 0.25) is 10.0 Å². The van der Waals surface area contributed by atoms with Crippen LogP contribution >= 0.6 is 0 Å². The SMILES string of the molecule is C[C@]1(F)CN(S(=O)(=O)c2ccc(F)cc2)C[C@@H]1n1nc(CC(=O)O)c2ccccc21. The lowest BCUT2D eigenvalue weighted by molar-refractivity contribution is -0.136. The molecule has 2 atom stereocenters. The first-order valence-corrected chi connectivity index (χ1v) is 10.7. The summed E-state index contributed by atoms with van der Waals surface area (Å²) in [7, 11) is -4.04. The smallest absolute Gasteiger partial charge is 0.309 e. The van der Waals surface area contributed by atoms with E-state index in [1.807, 2.05) is 0 Å². The summed E-state index contributed by atoms with van der Waals surface area (Å²) in [5, 5.41) is 14.1. The number of fused-ring (bicyclic) bond motifs is 1. The third-order valence-corrected chi connectivity index (χ3v) is 7.14. The molecule has 0 radical (unpaired) electrons. The molecule has 1 aliphatic rings. The van der Waals surface area contributed by atoms with Crippen molar-refractivity contribution >= 4 is 26.9 Å². The van der Waals surface area contributed by atoms with E-state index in [0.717, 1.165) is 28.6 Å². The maximum absolute atomic E-state index is 15.6. The standard InChI is InChI=1S/C20H19F2N3O4S/c1-20(22)12-24(30(28,29)14-8-6-13(21)7-9-14)11-18(20)25-17-5-3-2-4-15(17)16(23-25)10-19(26)27/h2-9,18H,10-12H2,1H3,(H,26,27)/t18-,20-/m0/s1. The molecular weight excluding hydrogens is 416 g/mol. The van der Waals surface area contributed by atoms with E-state index in [1.165, 1.54) is 11.6 Å². The van der Waals surface area contributed by atoms with Crippen molar-refractivity contribution in [1.82, 2.24) is 14.1 Å². The maximum atomic E-state index is 15.6. The molecule has 3 aromatic rings. The predicted octanol–water partition coefficient (Wildman–Crippen LogP) is 2.78. The molecule has 30 heavy (non-hydrogen) atoms. The fourth-order valence-corrected chi connectivity index (χ4v) is 5.37. The quantitative estimate of drug-likeness (QED) is 0.665. The Bertz CT molecular complexity index is 1220. The van der Waals surface area contributed by atoms with Crippen molar-refractivity contribution < 1.29 is 27.1 Å². The molecule has 4 rings (SSSR count). The van der Waals surface area contributed by atoms with Gasteiger partial charge >= 0.3 is 5.97 Å². The van der Waals surface area contributed by atoms with Gasteiger partial charge in [-0.05, 0) is 37.3 Å². The molecule has 158 valence electrons. The second-order valence-corrected chi connectivity index (χ2v) is 9.46. The van der Waals surface area contributed by atoms with Crippen LogP contribution in [0, 0.1) is 5.82 Å². The fourth-order valence-electron chi connectivity index (χ4n) is 3.84. The van der Waals surface area contributed by atoms with Gasteiger partial charge in [0.1, 0.15) is 17.5 Å². The van der Waals surface area contributed by atoms with Crippen LogP contribution in [-0.2, 0) is 21.2 Å². The lowest BCUT2D eigenvalue weighted by Gasteiger charge is -2.22. The first kappa shape index (κ1) is 20.4. The molecule has 7 nitrogen and oxygen atoms in total. The number of carboxylic acid groups (broad SMARTS) is 1. The molecule has 1 aromatic heterocycles. The second kappa shape index (κ2) is 7.13. The van der Waals surface area contributed by atoms with Crippen molar-refractivity contribution in [3.63, 3.8) is 0 Å². The molecule has 0 bridgehead atoms. The normalized spacial score (nSPS) is 22.6. The topological polar surface area (TPSA) is 92.5 Å². The van der Waals surface area contributed by atoms with E-state index in [0.29, 0.717) is 10.9 Å². The molecule has 0 spiro atoms. The van der Waals surface area contributed by atoms with E-state index >= 15 is 4.39 Å². The number of hydrogen-bond acceptors (Lipinski definition) is 4. The van der Waals surface area contributed by atoms with Crippen LogP contribution in [0.15, 0.2) is 53.4 Å². The molecular formula is C20H19F2N3O4S. The van der Waals surface area contributed by atoms with Gasteiger partial charge in [-0.2, -0.15) is 9.40 Å². The van der Waals surface area contributed by atoms with Gasteiger partial charge in [-0.3, -0.25) is 9.48 Å². The highest BCUT2D eigenvalue weighted by Gasteiger charge is 2.50. The van der Waals surface area contributed by atoms with Crippen molar-refractivity contribution in [3.05, 3.63) is 60.0 Å². The number of aliphatic carboxylic acids is 1. The highest BCUT2D eigenvalue weighted by Crippen LogP contribution is 2.39. The maximum Gasteiger partial charge on any atom is 0.309 e. The predicted molar refractivity (Wildman–Crippen MR) is 105 cm³/mol. The number of nitrogens with zero attached hydrogens (tertiary/aromatic N) is 3. The lowest BCUT2D eigenvalue weighted by atomic mass is 10.0. The van der Waals surface area contributed by atoms with Crippen LogP contribution in [-0.4, -0.2) is 52.3 Å². The monoisotopic (exact) mass is 435 g/mol. The van der Waals surface area contributed by atoms with E-state index in [9.17, 15) is 17.6 Å². The van der Waals surface area contributed by atoms with Crippen molar-refractivity contribution in [1.29, 1.82) is 0 Å². The lowest BCUT2D eigenvalue weighted by Crippen LogP contribution is -2.33. The van der Waals surface area contributed by atoms with Gasteiger partial charge in [0.15, 0.2) is 0 Å². The summed E-state index contributed by atoms with van der Waals surface area (Å²) in [6, 6.07) is 10.2. The van der Waals surface area contributed by atoms with Crippen molar-refractivity contribution in [2.45, 2.75) is 30.0 Å². The summed E-state index contributed by atoms with van der Waals surface area (Å²) in [5.74, 6) is -1.64. The molecule has 10 heteroatoms. The number of rotatable bonds is 5. The highest BCUT2D eigenvalue weighted by atomic mass is 32.2. The molecule has 2 aromatic carbocycles. The van der Waals surface area contributed by atoms with Crippen LogP contribution in [0.4, 0.5) is 8.78 Å². The minimum atomic E-state index is -4.04. The molecule has 2 heterocycles. The van der Waals surface area contributed by atoms with E-state index in [2.05, 4.69) is 5.10 Å². The number of benzene rings is 2. The first-order chi connectivity index (χ1) is 14.1. The van der Waals surface area contributed by atoms with Gasteiger partial charge in [-0.25, -0.2) is 17.2 Å². The van der Waals surface area contributed by atoms with Gasteiger partial charge in [0.05, 0.1) is 29.1 Å². The molecule has 1 aliphatic heterocycles. The number of hydrogen-bond donors (Lipinski definition) is 1. The number of carbonyl (C=O) groups is 1. The average molecular weight is 435 g/mol. The van der Waals surface area contributed by atoms with Gasteiger partial charge in [-0.15, -0.1) is 0 Å². The zero-order chi connectivity index (χ0) is 21.7. The molecule has 0 unspecified atom stereocenters. The van der Waals surface area contributed by atoms with E-state index in [1.54, 1.807) is 24.3 Å². The number of sulfonamides is 1. The van der Waals surface area contributed by atoms with E-state index in [4.69, 9.17) is 5.11 Å². The minimum Gasteiger partial charge on any atom is -0.481 e. The molecule has 0 saturated carbocycles. The zero-order valence-corrected chi connectivity index (χ0v) is 16.8. The largest absolute Gasteiger partial charge is 0.481 e. The summed E-state index contributed by atoms with van der Waals surface area (Å²) >= 11 is 0. The molecule has 1 N–H and O–H groups in total. The Kier molecular flexibility index (Phi) is 4.86. The van der Waals surface area contributed by atoms with Crippen molar-refractivity contribution in [2.75, 3.05) is 13.1 Å². The number of aromatic nitrogens is 2. The molecule has 1 fully saturated rings. The van der Waals surface area contributed by atoms with Crippen LogP contribution in [0.5, 0.6) is 0 Å². The number of halogens is 2. The van der Waals surface area contributed by atoms with Crippen LogP contribution in [0.2, 0.25) is 0 Å². The van der Waals surface area contributed by atoms with Crippen LogP contribution in [0.1, 0.15) is 18.7 Å². The van der Waals surface area contributed by atoms with Gasteiger partial charge < -0.3 is 5.11 Å². The second-order valence-electron chi connectivity index (χ2n) is 7.52. The molecule has 0 amide bonds. The van der Waals surface area contributed by atoms with Gasteiger partial charge in [0, 0.05) is 11.9 Å². The summed E-state index contributed by atoms with van der Waals surface area (Å²) < 4.78 is 57.1. The Hall–Kier alpha value is -2.85. The molecule has 1 saturated heterocycles. The Morgan fingerprint density at radius 3 is 2.57 bits per heavy atom. The van der Waals surface area contributed by atoms with Crippen LogP contribution < -0.4 is 0 Å². The zero-order valence-electron chi connectivity index (χ0n) is 16.0. The highest BCUT2D eigenvalue weighted by molar-refractivity contribution is 7.89. The Morgan fingerprint density at radius 2 is 1.90 bits per heavy atom. The van der Waals surface area contributed by atoms with Crippen LogP contribution in [0.25, 0.3) is 10.9 Å². The van der Waals surface area contributed by atoms with Gasteiger partial charge in [0.25, 0.3) is 0 Å². The fraction of sp³-hybridized carbons (Fsp3) is 0.300. The number of carboxylic acids is 1. The van der Waals surface area contributed by atoms with Crippen LogP contribution in [0.3, 0.4) is 0 Å². The third kappa shape index (κ3) is 3.46. The number of para-hydroxylation sites is 1. The minimum absolute atomic E-state index is 0.128. The summed E-state index contributed by atoms with van der Waals surface area (Å²) in [4.78, 5) is 11.1. The van der Waals surface area contributed by atoms with Crippen molar-refractivity contribution in [3.8, 4) is 0 Å². The Balaban J connectivity index is 1.74. The van der Waals surface area contributed by atoms with Gasteiger partial charge in [-0.1, -0.05) is 18.2 Å². The summed E-state index contributed by atoms with van der Waals surface area (Å²) in [6.45, 7) is 0.704.